The summed E-state index contributed by atoms with van der Waals surface area (Å²) in [6.07, 6.45) is 4.24. The number of fused-ring (bicyclic) bond motifs is 1. The lowest BCUT2D eigenvalue weighted by Crippen LogP contribution is -2.28. The number of carboxylic acid groups (broad SMARTS) is 1. The van der Waals surface area contributed by atoms with Crippen LogP contribution in [0.25, 0.3) is 10.9 Å². The number of nitrogens with one attached hydrogen (secondary N) is 1. The lowest BCUT2D eigenvalue weighted by atomic mass is 10.0. The number of hydrogen-bond donors (Lipinski definition) is 2. The van der Waals surface area contributed by atoms with Gasteiger partial charge in [-0.3, -0.25) is 4.79 Å². The Bertz CT molecular complexity index is 922. The van der Waals surface area contributed by atoms with E-state index in [1.807, 2.05) is 26.0 Å². The lowest BCUT2D eigenvalue weighted by Gasteiger charge is -2.11. The molecule has 0 radical (unpaired) electrons. The third kappa shape index (κ3) is 6.59. The van der Waals surface area contributed by atoms with Crippen molar-refractivity contribution in [1.82, 2.24) is 9.88 Å². The van der Waals surface area contributed by atoms with Gasteiger partial charge in [-0.1, -0.05) is 19.4 Å². The summed E-state index contributed by atoms with van der Waals surface area (Å²) in [7, 11) is 0. The van der Waals surface area contributed by atoms with Crippen molar-refractivity contribution in [3.05, 3.63) is 45.7 Å². The number of aromatic nitrogens is 1. The average molecular weight is 418 g/mol. The molecule has 1 aromatic heterocycles. The van der Waals surface area contributed by atoms with Gasteiger partial charge in [-0.25, -0.2) is 9.59 Å². The first kappa shape index (κ1) is 23.4. The number of carboxylic acids is 1. The fraction of sp³-hybridized carbons (Fsp3) is 0.500. The maximum atomic E-state index is 12.5. The van der Waals surface area contributed by atoms with E-state index in [1.165, 1.54) is 6.20 Å². The number of nitrogens with zero attached hydrogens (tertiary/aromatic N) is 1. The summed E-state index contributed by atoms with van der Waals surface area (Å²) in [5, 5.41) is 12.3. The first-order valence-corrected chi connectivity index (χ1v) is 10.4. The molecular weight excluding hydrogens is 388 g/mol. The highest BCUT2D eigenvalue weighted by Gasteiger charge is 2.14. The summed E-state index contributed by atoms with van der Waals surface area (Å²) in [5.41, 5.74) is 0.998. The molecule has 0 aliphatic heterocycles. The molecule has 0 fully saturated rings. The Labute approximate surface area is 175 Å². The van der Waals surface area contributed by atoms with E-state index in [2.05, 4.69) is 5.32 Å². The molecule has 164 valence electrons. The van der Waals surface area contributed by atoms with Gasteiger partial charge in [0.25, 0.3) is 0 Å². The Morgan fingerprint density at radius 3 is 2.63 bits per heavy atom. The minimum atomic E-state index is -1.22. The van der Waals surface area contributed by atoms with Gasteiger partial charge in [-0.15, -0.1) is 0 Å². The highest BCUT2D eigenvalue weighted by Crippen LogP contribution is 2.16. The van der Waals surface area contributed by atoms with Crippen molar-refractivity contribution in [3.63, 3.8) is 0 Å². The Morgan fingerprint density at radius 2 is 1.93 bits per heavy atom. The molecule has 0 saturated carbocycles. The second-order valence-electron chi connectivity index (χ2n) is 6.95. The summed E-state index contributed by atoms with van der Waals surface area (Å²) in [4.78, 5) is 35.3. The molecule has 8 heteroatoms. The second-order valence-corrected chi connectivity index (χ2v) is 6.95. The number of pyridine rings is 1. The van der Waals surface area contributed by atoms with Gasteiger partial charge >= 0.3 is 12.1 Å². The maximum Gasteiger partial charge on any atom is 0.407 e. The molecule has 1 aromatic carbocycles. The molecule has 2 aromatic rings. The first-order valence-electron chi connectivity index (χ1n) is 10.4. The molecule has 30 heavy (non-hydrogen) atoms. The minimum absolute atomic E-state index is 0.217. The van der Waals surface area contributed by atoms with Gasteiger partial charge in [0.05, 0.1) is 18.7 Å². The Kier molecular flexibility index (Phi) is 9.34. The quantitative estimate of drug-likeness (QED) is 0.513. The van der Waals surface area contributed by atoms with E-state index in [0.29, 0.717) is 44.7 Å². The topological polar surface area (TPSA) is 107 Å². The van der Waals surface area contributed by atoms with Crippen LogP contribution in [-0.4, -0.2) is 48.1 Å². The number of amides is 1. The van der Waals surface area contributed by atoms with Gasteiger partial charge < -0.3 is 24.5 Å². The second kappa shape index (κ2) is 12.0. The van der Waals surface area contributed by atoms with E-state index in [9.17, 15) is 19.5 Å². The zero-order chi connectivity index (χ0) is 21.9. The number of hydrogen-bond acceptors (Lipinski definition) is 5. The summed E-state index contributed by atoms with van der Waals surface area (Å²) in [6, 6.07) is 5.57. The van der Waals surface area contributed by atoms with Crippen molar-refractivity contribution in [1.29, 1.82) is 0 Å². The number of unbranched alkanes of at least 4 members (excludes halogenated alkanes) is 1. The third-order valence-corrected chi connectivity index (χ3v) is 4.72. The van der Waals surface area contributed by atoms with Crippen LogP contribution in [0, 0.1) is 0 Å². The SMILES string of the molecule is CCCCOC(=O)NCCOCCCc1ccc2c(c1)c(=O)c(C(=O)O)cn2CC. The average Bonchev–Trinajstić information content (AvgIpc) is 2.73. The maximum absolute atomic E-state index is 12.5. The van der Waals surface area contributed by atoms with E-state index in [4.69, 9.17) is 9.47 Å². The highest BCUT2D eigenvalue weighted by atomic mass is 16.5. The summed E-state index contributed by atoms with van der Waals surface area (Å²) >= 11 is 0. The Morgan fingerprint density at radius 1 is 1.13 bits per heavy atom. The number of aromatic carboxylic acids is 1. The Hall–Kier alpha value is -2.87. The smallest absolute Gasteiger partial charge is 0.407 e. The summed E-state index contributed by atoms with van der Waals surface area (Å²) in [5.74, 6) is -1.22. The summed E-state index contributed by atoms with van der Waals surface area (Å²) in [6.45, 7) is 6.22. The van der Waals surface area contributed by atoms with E-state index in [1.54, 1.807) is 10.6 Å². The van der Waals surface area contributed by atoms with Crippen LogP contribution in [0.4, 0.5) is 4.79 Å². The van der Waals surface area contributed by atoms with Crippen molar-refractivity contribution >= 4 is 23.0 Å². The van der Waals surface area contributed by atoms with Crippen molar-refractivity contribution in [2.24, 2.45) is 0 Å². The molecule has 0 aliphatic rings. The van der Waals surface area contributed by atoms with Gasteiger partial charge in [0.1, 0.15) is 5.56 Å². The van der Waals surface area contributed by atoms with Crippen LogP contribution in [0.15, 0.2) is 29.2 Å². The molecule has 8 nitrogen and oxygen atoms in total. The molecule has 0 bridgehead atoms. The van der Waals surface area contributed by atoms with Crippen LogP contribution >= 0.6 is 0 Å². The van der Waals surface area contributed by atoms with Crippen molar-refractivity contribution in [3.8, 4) is 0 Å². The molecule has 0 spiro atoms. The standard InChI is InChI=1S/C22H30N2O6/c1-3-5-12-30-22(28)23-10-13-29-11-6-7-16-8-9-19-17(14-16)20(25)18(21(26)27)15-24(19)4-2/h8-9,14-15H,3-7,10-13H2,1-2H3,(H,23,28)(H,26,27). The molecule has 1 amide bonds. The molecule has 0 atom stereocenters. The fourth-order valence-corrected chi connectivity index (χ4v) is 3.08. The largest absolute Gasteiger partial charge is 0.477 e. The van der Waals surface area contributed by atoms with Crippen LogP contribution in [-0.2, 0) is 22.4 Å². The number of rotatable bonds is 12. The van der Waals surface area contributed by atoms with Crippen LogP contribution < -0.4 is 10.7 Å². The van der Waals surface area contributed by atoms with Crippen LogP contribution in [0.1, 0.15) is 49.0 Å². The van der Waals surface area contributed by atoms with E-state index >= 15 is 0 Å². The molecule has 2 rings (SSSR count). The van der Waals surface area contributed by atoms with Crippen LogP contribution in [0.3, 0.4) is 0 Å². The first-order chi connectivity index (χ1) is 14.5. The van der Waals surface area contributed by atoms with Crippen molar-refractivity contribution in [2.45, 2.75) is 46.1 Å². The number of alkyl carbamates (subject to hydrolysis) is 1. The van der Waals surface area contributed by atoms with E-state index < -0.39 is 17.5 Å². The van der Waals surface area contributed by atoms with Gasteiger partial charge in [0, 0.05) is 31.3 Å². The van der Waals surface area contributed by atoms with Gasteiger partial charge in [-0.05, 0) is 43.9 Å². The third-order valence-electron chi connectivity index (χ3n) is 4.72. The normalized spacial score (nSPS) is 10.9. The van der Waals surface area contributed by atoms with Gasteiger partial charge in [0.2, 0.25) is 5.43 Å². The highest BCUT2D eigenvalue weighted by molar-refractivity contribution is 5.92. The fourth-order valence-electron chi connectivity index (χ4n) is 3.08. The van der Waals surface area contributed by atoms with Gasteiger partial charge in [0.15, 0.2) is 0 Å². The molecule has 1 heterocycles. The molecular formula is C22H30N2O6. The van der Waals surface area contributed by atoms with Crippen LogP contribution in [0.5, 0.6) is 0 Å². The molecule has 0 saturated heterocycles. The minimum Gasteiger partial charge on any atom is -0.477 e. The van der Waals surface area contributed by atoms with Crippen molar-refractivity contribution in [2.75, 3.05) is 26.4 Å². The number of aryl methyl sites for hydroxylation is 2. The zero-order valence-electron chi connectivity index (χ0n) is 17.6. The van der Waals surface area contributed by atoms with E-state index in [-0.39, 0.29) is 5.56 Å². The van der Waals surface area contributed by atoms with Gasteiger partial charge in [-0.2, -0.15) is 0 Å². The van der Waals surface area contributed by atoms with E-state index in [0.717, 1.165) is 30.3 Å². The lowest BCUT2D eigenvalue weighted by molar-refractivity contribution is 0.0694. The number of carbonyl (C=O) groups is 2. The van der Waals surface area contributed by atoms with Crippen LogP contribution in [0.2, 0.25) is 0 Å². The Balaban J connectivity index is 1.83. The number of benzene rings is 1. The van der Waals surface area contributed by atoms with Crippen molar-refractivity contribution < 1.29 is 24.2 Å². The molecule has 2 N–H and O–H groups in total. The molecule has 0 aliphatic carbocycles. The molecule has 0 unspecified atom stereocenters. The predicted molar refractivity (Wildman–Crippen MR) is 114 cm³/mol. The number of carbonyl (C=O) groups excluding carboxylic acids is 1. The number of ether oxygens (including phenoxy) is 2. The zero-order valence-corrected chi connectivity index (χ0v) is 17.6. The monoisotopic (exact) mass is 418 g/mol. The summed E-state index contributed by atoms with van der Waals surface area (Å²) < 4.78 is 12.3. The predicted octanol–water partition coefficient (Wildman–Crippen LogP) is 3.20.